The van der Waals surface area contributed by atoms with Crippen molar-refractivity contribution in [3.63, 3.8) is 0 Å². The van der Waals surface area contributed by atoms with Crippen LogP contribution in [0.1, 0.15) is 31.0 Å². The molecular formula is C17H20FN3O2. The van der Waals surface area contributed by atoms with Crippen LogP contribution in [0.15, 0.2) is 48.8 Å². The fourth-order valence-electron chi connectivity index (χ4n) is 2.15. The third-order valence-electron chi connectivity index (χ3n) is 3.61. The van der Waals surface area contributed by atoms with Crippen LogP contribution in [0.4, 0.5) is 9.18 Å². The molecule has 2 atom stereocenters. The van der Waals surface area contributed by atoms with Gasteiger partial charge in [0, 0.05) is 12.4 Å². The van der Waals surface area contributed by atoms with Gasteiger partial charge in [-0.15, -0.1) is 0 Å². The van der Waals surface area contributed by atoms with Crippen molar-refractivity contribution < 1.29 is 14.3 Å². The van der Waals surface area contributed by atoms with Gasteiger partial charge in [-0.2, -0.15) is 0 Å². The van der Waals surface area contributed by atoms with Crippen molar-refractivity contribution in [1.29, 1.82) is 0 Å². The Morgan fingerprint density at radius 1 is 1.26 bits per heavy atom. The molecule has 0 radical (unpaired) electrons. The minimum Gasteiger partial charge on any atom is -0.384 e. The summed E-state index contributed by atoms with van der Waals surface area (Å²) in [5.41, 5.74) is 0.173. The number of halogens is 1. The molecule has 0 aliphatic heterocycles. The number of nitrogens with zero attached hydrogens (tertiary/aromatic N) is 1. The first-order valence-electron chi connectivity index (χ1n) is 7.31. The molecule has 0 saturated heterocycles. The van der Waals surface area contributed by atoms with Gasteiger partial charge >= 0.3 is 6.03 Å². The third-order valence-corrected chi connectivity index (χ3v) is 3.61. The quantitative estimate of drug-likeness (QED) is 0.793. The lowest BCUT2D eigenvalue weighted by Gasteiger charge is -2.25. The van der Waals surface area contributed by atoms with Crippen LogP contribution >= 0.6 is 0 Å². The smallest absolute Gasteiger partial charge is 0.315 e. The van der Waals surface area contributed by atoms with Gasteiger partial charge in [0.2, 0.25) is 0 Å². The van der Waals surface area contributed by atoms with Gasteiger partial charge < -0.3 is 15.7 Å². The Morgan fingerprint density at radius 3 is 2.48 bits per heavy atom. The number of pyridine rings is 1. The van der Waals surface area contributed by atoms with Crippen LogP contribution in [0.3, 0.4) is 0 Å². The van der Waals surface area contributed by atoms with E-state index in [1.807, 2.05) is 19.1 Å². The number of rotatable bonds is 5. The molecule has 0 fully saturated rings. The maximum Gasteiger partial charge on any atom is 0.315 e. The van der Waals surface area contributed by atoms with Crippen molar-refractivity contribution in [2.45, 2.75) is 25.5 Å². The van der Waals surface area contributed by atoms with E-state index >= 15 is 0 Å². The number of carbonyl (C=O) groups excluding carboxylic acids is 1. The molecule has 122 valence electrons. The Hall–Kier alpha value is -2.47. The average molecular weight is 317 g/mol. The van der Waals surface area contributed by atoms with Crippen LogP contribution in [0.25, 0.3) is 0 Å². The van der Waals surface area contributed by atoms with E-state index in [2.05, 4.69) is 15.6 Å². The molecule has 0 saturated carbocycles. The first-order valence-corrected chi connectivity index (χ1v) is 7.31. The summed E-state index contributed by atoms with van der Waals surface area (Å²) in [5.74, 6) is -0.374. The highest BCUT2D eigenvalue weighted by Gasteiger charge is 2.24. The van der Waals surface area contributed by atoms with E-state index in [-0.39, 0.29) is 18.4 Å². The predicted molar refractivity (Wildman–Crippen MR) is 85.2 cm³/mol. The molecular weight excluding hydrogens is 297 g/mol. The van der Waals surface area contributed by atoms with Crippen molar-refractivity contribution >= 4 is 6.03 Å². The lowest BCUT2D eigenvalue weighted by Crippen LogP contribution is -2.44. The van der Waals surface area contributed by atoms with Crippen molar-refractivity contribution in [2.75, 3.05) is 6.54 Å². The summed E-state index contributed by atoms with van der Waals surface area (Å²) >= 11 is 0. The summed E-state index contributed by atoms with van der Waals surface area (Å²) in [6.45, 7) is 3.42. The number of urea groups is 1. The second-order valence-electron chi connectivity index (χ2n) is 5.61. The summed E-state index contributed by atoms with van der Waals surface area (Å²) in [4.78, 5) is 15.9. The first-order chi connectivity index (χ1) is 10.9. The molecule has 1 heterocycles. The van der Waals surface area contributed by atoms with Gasteiger partial charge in [0.15, 0.2) is 0 Å². The van der Waals surface area contributed by atoms with Crippen molar-refractivity contribution in [2.24, 2.45) is 0 Å². The van der Waals surface area contributed by atoms with Gasteiger partial charge in [-0.05, 0) is 49.2 Å². The van der Waals surface area contributed by atoms with Crippen LogP contribution in [-0.2, 0) is 5.60 Å². The molecule has 0 bridgehead atoms. The summed E-state index contributed by atoms with van der Waals surface area (Å²) < 4.78 is 12.9. The molecule has 3 N–H and O–H groups in total. The van der Waals surface area contributed by atoms with E-state index in [1.54, 1.807) is 19.3 Å². The number of aliphatic hydroxyl groups is 1. The highest BCUT2D eigenvalue weighted by Crippen LogP contribution is 2.20. The third kappa shape index (κ3) is 4.75. The molecule has 23 heavy (non-hydrogen) atoms. The molecule has 0 aliphatic carbocycles. The highest BCUT2D eigenvalue weighted by atomic mass is 19.1. The van der Waals surface area contributed by atoms with E-state index in [9.17, 15) is 14.3 Å². The standard InChI is InChI=1S/C17H20FN3O2/c1-12(13-7-9-19-10-8-13)21-16(22)20-11-17(2,23)14-3-5-15(18)6-4-14/h3-10,12,23H,11H2,1-2H3,(H2,20,21,22). The highest BCUT2D eigenvalue weighted by molar-refractivity contribution is 5.74. The maximum atomic E-state index is 12.9. The SMILES string of the molecule is CC(NC(=O)NCC(C)(O)c1ccc(F)cc1)c1ccncc1. The lowest BCUT2D eigenvalue weighted by molar-refractivity contribution is 0.0592. The lowest BCUT2D eigenvalue weighted by atomic mass is 9.96. The van der Waals surface area contributed by atoms with Crippen LogP contribution in [0.5, 0.6) is 0 Å². The fourth-order valence-corrected chi connectivity index (χ4v) is 2.15. The fraction of sp³-hybridized carbons (Fsp3) is 0.294. The number of benzene rings is 1. The van der Waals surface area contributed by atoms with Gasteiger partial charge in [-0.3, -0.25) is 4.98 Å². The molecule has 2 amide bonds. The average Bonchev–Trinajstić information content (AvgIpc) is 2.54. The molecule has 1 aromatic carbocycles. The Kier molecular flexibility index (Phi) is 5.28. The number of nitrogens with one attached hydrogen (secondary N) is 2. The predicted octanol–water partition coefficient (Wildman–Crippen LogP) is 2.49. The molecule has 0 spiro atoms. The first kappa shape index (κ1) is 16.9. The van der Waals surface area contributed by atoms with E-state index in [0.29, 0.717) is 5.56 Å². The molecule has 2 rings (SSSR count). The maximum absolute atomic E-state index is 12.9. The summed E-state index contributed by atoms with van der Waals surface area (Å²) in [6, 6.07) is 8.60. The van der Waals surface area contributed by atoms with Gasteiger partial charge in [-0.25, -0.2) is 9.18 Å². The van der Waals surface area contributed by atoms with Crippen molar-refractivity contribution in [3.8, 4) is 0 Å². The normalized spacial score (nSPS) is 14.6. The number of hydrogen-bond donors (Lipinski definition) is 3. The summed E-state index contributed by atoms with van der Waals surface area (Å²) in [6.07, 6.45) is 3.31. The summed E-state index contributed by atoms with van der Waals surface area (Å²) in [5, 5.41) is 15.8. The molecule has 5 nitrogen and oxygen atoms in total. The Bertz CT molecular complexity index is 645. The zero-order valence-electron chi connectivity index (χ0n) is 13.1. The Labute approximate surface area is 134 Å². The molecule has 2 aromatic rings. The van der Waals surface area contributed by atoms with Crippen LogP contribution in [0, 0.1) is 5.82 Å². The minimum atomic E-state index is -1.29. The van der Waals surface area contributed by atoms with E-state index in [0.717, 1.165) is 5.56 Å². The second-order valence-corrected chi connectivity index (χ2v) is 5.61. The zero-order chi connectivity index (χ0) is 16.9. The van der Waals surface area contributed by atoms with Crippen molar-refractivity contribution in [1.82, 2.24) is 15.6 Å². The largest absolute Gasteiger partial charge is 0.384 e. The molecule has 1 aromatic heterocycles. The minimum absolute atomic E-state index is 0.00747. The van der Waals surface area contributed by atoms with Gasteiger partial charge in [0.1, 0.15) is 11.4 Å². The number of aromatic nitrogens is 1. The number of hydrogen-bond acceptors (Lipinski definition) is 3. The zero-order valence-corrected chi connectivity index (χ0v) is 13.1. The van der Waals surface area contributed by atoms with Crippen molar-refractivity contribution in [3.05, 3.63) is 65.7 Å². The second kappa shape index (κ2) is 7.19. The monoisotopic (exact) mass is 317 g/mol. The number of carbonyl (C=O) groups is 1. The van der Waals surface area contributed by atoms with Crippen LogP contribution < -0.4 is 10.6 Å². The molecule has 2 unspecified atom stereocenters. The Balaban J connectivity index is 1.89. The van der Waals surface area contributed by atoms with Gasteiger partial charge in [0.25, 0.3) is 0 Å². The van der Waals surface area contributed by atoms with Crippen LogP contribution in [-0.4, -0.2) is 22.7 Å². The topological polar surface area (TPSA) is 74.2 Å². The van der Waals surface area contributed by atoms with Gasteiger partial charge in [-0.1, -0.05) is 12.1 Å². The molecule has 6 heteroatoms. The van der Waals surface area contributed by atoms with E-state index in [1.165, 1.54) is 24.3 Å². The van der Waals surface area contributed by atoms with E-state index < -0.39 is 11.6 Å². The summed E-state index contributed by atoms with van der Waals surface area (Å²) in [7, 11) is 0. The molecule has 0 aliphatic rings. The Morgan fingerprint density at radius 2 is 1.87 bits per heavy atom. The van der Waals surface area contributed by atoms with Gasteiger partial charge in [0.05, 0.1) is 12.6 Å². The number of amides is 2. The van der Waals surface area contributed by atoms with E-state index in [4.69, 9.17) is 0 Å². The van der Waals surface area contributed by atoms with Crippen LogP contribution in [0.2, 0.25) is 0 Å².